The summed E-state index contributed by atoms with van der Waals surface area (Å²) in [7, 11) is 0. The van der Waals surface area contributed by atoms with E-state index in [1.165, 1.54) is 6.08 Å². The molecule has 0 spiro atoms. The average molecular weight is 285 g/mol. The maximum Gasteiger partial charge on any atom is 0.328 e. The second-order valence-electron chi connectivity index (χ2n) is 3.81. The molecular formula is C14H17ClO4. The Balaban J connectivity index is 2.63. The summed E-state index contributed by atoms with van der Waals surface area (Å²) < 4.78 is 10.8. The number of ether oxygens (including phenoxy) is 2. The number of carboxylic acid groups (broad SMARTS) is 1. The van der Waals surface area contributed by atoms with Crippen LogP contribution >= 0.6 is 11.6 Å². The zero-order chi connectivity index (χ0) is 14.1. The second-order valence-corrected chi connectivity index (χ2v) is 4.25. The van der Waals surface area contributed by atoms with Gasteiger partial charge in [0.2, 0.25) is 0 Å². The first-order valence-electron chi connectivity index (χ1n) is 6.04. The van der Waals surface area contributed by atoms with Crippen molar-refractivity contribution in [3.05, 3.63) is 34.9 Å². The Kier molecular flexibility index (Phi) is 7.00. The van der Waals surface area contributed by atoms with E-state index in [1.54, 1.807) is 18.2 Å². The van der Waals surface area contributed by atoms with Gasteiger partial charge in [-0.1, -0.05) is 18.5 Å². The predicted molar refractivity (Wildman–Crippen MR) is 74.7 cm³/mol. The Morgan fingerprint density at radius 2 is 2.16 bits per heavy atom. The number of halogens is 1. The SMILES string of the molecule is CCCOCCOc1ccc(Cl)cc1/C=C/C(=O)O. The highest BCUT2D eigenvalue weighted by atomic mass is 35.5. The van der Waals surface area contributed by atoms with Crippen LogP contribution in [-0.2, 0) is 9.53 Å². The van der Waals surface area contributed by atoms with Crippen molar-refractivity contribution in [3.63, 3.8) is 0 Å². The maximum atomic E-state index is 10.5. The molecule has 0 aromatic heterocycles. The third-order valence-corrected chi connectivity index (χ3v) is 2.45. The highest BCUT2D eigenvalue weighted by molar-refractivity contribution is 6.30. The average Bonchev–Trinajstić information content (AvgIpc) is 2.38. The van der Waals surface area contributed by atoms with E-state index < -0.39 is 5.97 Å². The molecule has 0 heterocycles. The van der Waals surface area contributed by atoms with Crippen molar-refractivity contribution in [2.24, 2.45) is 0 Å². The minimum absolute atomic E-state index is 0.412. The van der Waals surface area contributed by atoms with Gasteiger partial charge in [0.15, 0.2) is 0 Å². The summed E-state index contributed by atoms with van der Waals surface area (Å²) in [6.07, 6.45) is 3.47. The van der Waals surface area contributed by atoms with Gasteiger partial charge < -0.3 is 14.6 Å². The van der Waals surface area contributed by atoms with Gasteiger partial charge in [-0.05, 0) is 30.7 Å². The largest absolute Gasteiger partial charge is 0.491 e. The summed E-state index contributed by atoms with van der Waals surface area (Å²) in [5, 5.41) is 9.15. The molecule has 0 saturated heterocycles. The molecule has 0 bridgehead atoms. The lowest BCUT2D eigenvalue weighted by molar-refractivity contribution is -0.131. The quantitative estimate of drug-likeness (QED) is 0.588. The molecule has 0 aliphatic heterocycles. The fraction of sp³-hybridized carbons (Fsp3) is 0.357. The summed E-state index contributed by atoms with van der Waals surface area (Å²) in [4.78, 5) is 10.5. The van der Waals surface area contributed by atoms with Gasteiger partial charge in [-0.25, -0.2) is 4.79 Å². The fourth-order valence-electron chi connectivity index (χ4n) is 1.40. The number of carboxylic acids is 1. The van der Waals surface area contributed by atoms with Gasteiger partial charge >= 0.3 is 5.97 Å². The van der Waals surface area contributed by atoms with Crippen molar-refractivity contribution in [1.29, 1.82) is 0 Å². The third-order valence-electron chi connectivity index (χ3n) is 2.21. The number of benzene rings is 1. The molecule has 0 unspecified atom stereocenters. The van der Waals surface area contributed by atoms with E-state index in [2.05, 4.69) is 0 Å². The molecule has 1 aromatic rings. The van der Waals surface area contributed by atoms with Gasteiger partial charge in [0.1, 0.15) is 12.4 Å². The van der Waals surface area contributed by atoms with Crippen LogP contribution in [0.5, 0.6) is 5.75 Å². The molecule has 19 heavy (non-hydrogen) atoms. The van der Waals surface area contributed by atoms with Crippen molar-refractivity contribution in [1.82, 2.24) is 0 Å². The highest BCUT2D eigenvalue weighted by Gasteiger charge is 2.03. The Morgan fingerprint density at radius 3 is 2.84 bits per heavy atom. The lowest BCUT2D eigenvalue weighted by atomic mass is 10.2. The summed E-state index contributed by atoms with van der Waals surface area (Å²) >= 11 is 5.87. The van der Waals surface area contributed by atoms with Crippen LogP contribution in [0.2, 0.25) is 5.02 Å². The molecule has 104 valence electrons. The van der Waals surface area contributed by atoms with Crippen LogP contribution in [0.25, 0.3) is 6.08 Å². The molecular weight excluding hydrogens is 268 g/mol. The minimum Gasteiger partial charge on any atom is -0.491 e. The highest BCUT2D eigenvalue weighted by Crippen LogP contribution is 2.24. The van der Waals surface area contributed by atoms with Gasteiger partial charge in [-0.3, -0.25) is 0 Å². The van der Waals surface area contributed by atoms with Gasteiger partial charge in [0.05, 0.1) is 6.61 Å². The molecule has 0 amide bonds. The smallest absolute Gasteiger partial charge is 0.328 e. The zero-order valence-electron chi connectivity index (χ0n) is 10.8. The van der Waals surface area contributed by atoms with Crippen molar-refractivity contribution in [2.45, 2.75) is 13.3 Å². The molecule has 0 radical (unpaired) electrons. The van der Waals surface area contributed by atoms with E-state index in [-0.39, 0.29) is 0 Å². The van der Waals surface area contributed by atoms with Crippen LogP contribution in [0.4, 0.5) is 0 Å². The summed E-state index contributed by atoms with van der Waals surface area (Å²) in [5.74, 6) is -0.431. The molecule has 4 nitrogen and oxygen atoms in total. The van der Waals surface area contributed by atoms with Crippen LogP contribution in [0.15, 0.2) is 24.3 Å². The number of hydrogen-bond acceptors (Lipinski definition) is 3. The Bertz CT molecular complexity index is 443. The summed E-state index contributed by atoms with van der Waals surface area (Å²) in [6, 6.07) is 5.06. The Labute approximate surface area is 117 Å². The van der Waals surface area contributed by atoms with Gasteiger partial charge in [-0.15, -0.1) is 0 Å². The monoisotopic (exact) mass is 284 g/mol. The van der Waals surface area contributed by atoms with E-state index in [9.17, 15) is 4.79 Å². The van der Waals surface area contributed by atoms with Crippen LogP contribution < -0.4 is 4.74 Å². The molecule has 0 aliphatic carbocycles. The number of carbonyl (C=O) groups is 1. The van der Waals surface area contributed by atoms with Crippen molar-refractivity contribution in [2.75, 3.05) is 19.8 Å². The lowest BCUT2D eigenvalue weighted by Gasteiger charge is -2.09. The third kappa shape index (κ3) is 6.27. The van der Waals surface area contributed by atoms with Crippen LogP contribution in [0.1, 0.15) is 18.9 Å². The minimum atomic E-state index is -1.02. The van der Waals surface area contributed by atoms with Crippen molar-refractivity contribution >= 4 is 23.6 Å². The van der Waals surface area contributed by atoms with Crippen LogP contribution in [0.3, 0.4) is 0 Å². The first-order valence-corrected chi connectivity index (χ1v) is 6.42. The normalized spacial score (nSPS) is 10.8. The number of aliphatic carboxylic acids is 1. The maximum absolute atomic E-state index is 10.5. The molecule has 1 N–H and O–H groups in total. The van der Waals surface area contributed by atoms with Crippen molar-refractivity contribution < 1.29 is 19.4 Å². The first kappa shape index (κ1) is 15.5. The number of rotatable bonds is 8. The lowest BCUT2D eigenvalue weighted by Crippen LogP contribution is -2.07. The zero-order valence-corrected chi connectivity index (χ0v) is 11.5. The Hall–Kier alpha value is -1.52. The van der Waals surface area contributed by atoms with E-state index in [1.807, 2.05) is 6.92 Å². The first-order chi connectivity index (χ1) is 9.13. The standard InChI is InChI=1S/C14H17ClO4/c1-2-7-18-8-9-19-13-5-4-12(15)10-11(13)3-6-14(16)17/h3-6,10H,2,7-9H2,1H3,(H,16,17)/b6-3+. The van der Waals surface area contributed by atoms with Crippen molar-refractivity contribution in [3.8, 4) is 5.75 Å². The second kappa shape index (κ2) is 8.56. The van der Waals surface area contributed by atoms with E-state index >= 15 is 0 Å². The predicted octanol–water partition coefficient (Wildman–Crippen LogP) is 3.24. The molecule has 5 heteroatoms. The fourth-order valence-corrected chi connectivity index (χ4v) is 1.58. The number of hydrogen-bond donors (Lipinski definition) is 1. The van der Waals surface area contributed by atoms with Gasteiger partial charge in [-0.2, -0.15) is 0 Å². The molecule has 0 saturated carbocycles. The molecule has 0 atom stereocenters. The van der Waals surface area contributed by atoms with Crippen LogP contribution in [0, 0.1) is 0 Å². The van der Waals surface area contributed by atoms with Gasteiger partial charge in [0.25, 0.3) is 0 Å². The molecule has 0 fully saturated rings. The van der Waals surface area contributed by atoms with E-state index in [0.717, 1.165) is 12.5 Å². The summed E-state index contributed by atoms with van der Waals surface area (Å²) in [5.41, 5.74) is 0.630. The topological polar surface area (TPSA) is 55.8 Å². The molecule has 1 aromatic carbocycles. The van der Waals surface area contributed by atoms with E-state index in [0.29, 0.717) is 36.2 Å². The summed E-state index contributed by atoms with van der Waals surface area (Å²) in [6.45, 7) is 3.65. The Morgan fingerprint density at radius 1 is 1.37 bits per heavy atom. The van der Waals surface area contributed by atoms with Gasteiger partial charge in [0, 0.05) is 23.3 Å². The van der Waals surface area contributed by atoms with Crippen LogP contribution in [-0.4, -0.2) is 30.9 Å². The molecule has 0 aliphatic rings. The molecule has 1 rings (SSSR count). The van der Waals surface area contributed by atoms with E-state index in [4.69, 9.17) is 26.2 Å².